The first-order chi connectivity index (χ1) is 12.8. The molecule has 6 nitrogen and oxygen atoms in total. The number of anilines is 1. The molecule has 0 saturated carbocycles. The number of aliphatic imine (C=N–C) groups is 1. The Labute approximate surface area is 154 Å². The van der Waals surface area contributed by atoms with Crippen molar-refractivity contribution in [3.8, 4) is 11.5 Å². The fourth-order valence-electron chi connectivity index (χ4n) is 3.38. The van der Waals surface area contributed by atoms with Crippen LogP contribution in [0.2, 0.25) is 0 Å². The van der Waals surface area contributed by atoms with E-state index < -0.39 is 0 Å². The van der Waals surface area contributed by atoms with Crippen molar-refractivity contribution in [1.29, 1.82) is 0 Å². The lowest BCUT2D eigenvalue weighted by molar-refractivity contribution is 0.174. The number of fused-ring (bicyclic) bond motifs is 1. The molecule has 0 radical (unpaired) electrons. The van der Waals surface area contributed by atoms with Crippen LogP contribution in [0.1, 0.15) is 5.56 Å². The van der Waals surface area contributed by atoms with Gasteiger partial charge < -0.3 is 24.6 Å². The summed E-state index contributed by atoms with van der Waals surface area (Å²) in [4.78, 5) is 9.18. The smallest absolute Gasteiger partial charge is 0.231 e. The van der Waals surface area contributed by atoms with Crippen LogP contribution in [0.3, 0.4) is 0 Å². The second-order valence-corrected chi connectivity index (χ2v) is 6.40. The summed E-state index contributed by atoms with van der Waals surface area (Å²) in [6.07, 6.45) is 0. The largest absolute Gasteiger partial charge is 0.454 e. The molecule has 0 aliphatic carbocycles. The van der Waals surface area contributed by atoms with Gasteiger partial charge in [0.25, 0.3) is 0 Å². The summed E-state index contributed by atoms with van der Waals surface area (Å²) >= 11 is 0. The first-order valence-corrected chi connectivity index (χ1v) is 8.97. The van der Waals surface area contributed by atoms with E-state index in [0.717, 1.165) is 49.2 Å². The van der Waals surface area contributed by atoms with Gasteiger partial charge in [0.15, 0.2) is 17.5 Å². The fourth-order valence-corrected chi connectivity index (χ4v) is 3.38. The van der Waals surface area contributed by atoms with Crippen LogP contribution in [-0.4, -0.2) is 50.9 Å². The molecule has 2 aliphatic heterocycles. The van der Waals surface area contributed by atoms with Crippen molar-refractivity contribution in [1.82, 2.24) is 10.2 Å². The Morgan fingerprint density at radius 2 is 1.77 bits per heavy atom. The first-order valence-electron chi connectivity index (χ1n) is 8.97. The third-order valence-corrected chi connectivity index (χ3v) is 4.80. The van der Waals surface area contributed by atoms with E-state index >= 15 is 0 Å². The zero-order valence-corrected chi connectivity index (χ0v) is 15.0. The lowest BCUT2D eigenvalue weighted by Crippen LogP contribution is -2.52. The van der Waals surface area contributed by atoms with Crippen LogP contribution in [0.5, 0.6) is 11.5 Å². The van der Waals surface area contributed by atoms with Gasteiger partial charge in [-0.1, -0.05) is 24.3 Å². The standard InChI is InChI=1S/C20H24N4O2/c1-21-20(22-14-16-7-8-18-19(13-16)26-15-25-18)24-11-9-23(10-12-24)17-5-3-2-4-6-17/h2-8,13H,9-12,14-15H2,1H3,(H,21,22). The summed E-state index contributed by atoms with van der Waals surface area (Å²) in [5, 5.41) is 3.46. The maximum Gasteiger partial charge on any atom is 0.231 e. The molecule has 0 amide bonds. The number of hydrogen-bond donors (Lipinski definition) is 1. The maximum atomic E-state index is 5.45. The highest BCUT2D eigenvalue weighted by Crippen LogP contribution is 2.32. The van der Waals surface area contributed by atoms with Crippen molar-refractivity contribution in [3.05, 3.63) is 54.1 Å². The van der Waals surface area contributed by atoms with Crippen LogP contribution in [-0.2, 0) is 6.54 Å². The van der Waals surface area contributed by atoms with Crippen molar-refractivity contribution >= 4 is 11.6 Å². The van der Waals surface area contributed by atoms with Crippen LogP contribution in [0.25, 0.3) is 0 Å². The molecule has 0 aromatic heterocycles. The van der Waals surface area contributed by atoms with E-state index in [0.29, 0.717) is 13.3 Å². The predicted molar refractivity (Wildman–Crippen MR) is 103 cm³/mol. The SMILES string of the molecule is CN=C(NCc1ccc2c(c1)OCO2)N1CCN(c2ccccc2)CC1. The number of benzene rings is 2. The lowest BCUT2D eigenvalue weighted by atomic mass is 10.2. The van der Waals surface area contributed by atoms with Gasteiger partial charge in [-0.25, -0.2) is 0 Å². The van der Waals surface area contributed by atoms with E-state index in [4.69, 9.17) is 9.47 Å². The summed E-state index contributed by atoms with van der Waals surface area (Å²) in [5.41, 5.74) is 2.44. The van der Waals surface area contributed by atoms with Gasteiger partial charge in [-0.2, -0.15) is 0 Å². The third kappa shape index (κ3) is 3.54. The van der Waals surface area contributed by atoms with Gasteiger partial charge in [0.05, 0.1) is 0 Å². The number of piperazine rings is 1. The summed E-state index contributed by atoms with van der Waals surface area (Å²) < 4.78 is 10.8. The average molecular weight is 352 g/mol. The van der Waals surface area contributed by atoms with Crippen LogP contribution in [0, 0.1) is 0 Å². The molecule has 2 heterocycles. The molecule has 1 fully saturated rings. The molecule has 2 aromatic carbocycles. The minimum Gasteiger partial charge on any atom is -0.454 e. The molecule has 26 heavy (non-hydrogen) atoms. The van der Waals surface area contributed by atoms with Crippen molar-refractivity contribution in [2.24, 2.45) is 4.99 Å². The van der Waals surface area contributed by atoms with Crippen LogP contribution in [0.4, 0.5) is 5.69 Å². The normalized spacial score (nSPS) is 16.7. The van der Waals surface area contributed by atoms with Gasteiger partial charge >= 0.3 is 0 Å². The highest BCUT2D eigenvalue weighted by Gasteiger charge is 2.20. The molecule has 0 bridgehead atoms. The van der Waals surface area contributed by atoms with E-state index in [1.54, 1.807) is 0 Å². The number of nitrogens with zero attached hydrogens (tertiary/aromatic N) is 3. The minimum absolute atomic E-state index is 0.305. The molecule has 4 rings (SSSR count). The van der Waals surface area contributed by atoms with Crippen molar-refractivity contribution in [2.75, 3.05) is 44.9 Å². The van der Waals surface area contributed by atoms with Gasteiger partial charge in [0, 0.05) is 45.5 Å². The number of rotatable bonds is 3. The Kier molecular flexibility index (Phi) is 4.82. The average Bonchev–Trinajstić information content (AvgIpc) is 3.17. The molecule has 1 N–H and O–H groups in total. The van der Waals surface area contributed by atoms with Crippen molar-refractivity contribution in [2.45, 2.75) is 6.54 Å². The molecule has 0 spiro atoms. The van der Waals surface area contributed by atoms with Gasteiger partial charge in [-0.15, -0.1) is 0 Å². The molecule has 136 valence electrons. The molecule has 2 aliphatic rings. The monoisotopic (exact) mass is 352 g/mol. The van der Waals surface area contributed by atoms with E-state index in [9.17, 15) is 0 Å². The van der Waals surface area contributed by atoms with E-state index in [1.165, 1.54) is 5.69 Å². The van der Waals surface area contributed by atoms with Crippen LogP contribution in [0.15, 0.2) is 53.5 Å². The summed E-state index contributed by atoms with van der Waals surface area (Å²) in [7, 11) is 1.84. The van der Waals surface area contributed by atoms with Crippen molar-refractivity contribution in [3.63, 3.8) is 0 Å². The Morgan fingerprint density at radius 1 is 1.00 bits per heavy atom. The summed E-state index contributed by atoms with van der Waals surface area (Å²) in [5.74, 6) is 2.57. The zero-order chi connectivity index (χ0) is 17.8. The van der Waals surface area contributed by atoms with Gasteiger partial charge in [-0.05, 0) is 29.8 Å². The number of nitrogens with one attached hydrogen (secondary N) is 1. The van der Waals surface area contributed by atoms with E-state index in [-0.39, 0.29) is 0 Å². The number of para-hydroxylation sites is 1. The quantitative estimate of drug-likeness (QED) is 0.679. The molecule has 1 saturated heterocycles. The Balaban J connectivity index is 1.32. The second kappa shape index (κ2) is 7.56. The Bertz CT molecular complexity index is 771. The van der Waals surface area contributed by atoms with Gasteiger partial charge in [-0.3, -0.25) is 4.99 Å². The van der Waals surface area contributed by atoms with Crippen LogP contribution >= 0.6 is 0 Å². The van der Waals surface area contributed by atoms with Crippen LogP contribution < -0.4 is 19.7 Å². The van der Waals surface area contributed by atoms with Crippen molar-refractivity contribution < 1.29 is 9.47 Å². The Hall–Kier alpha value is -2.89. The highest BCUT2D eigenvalue weighted by atomic mass is 16.7. The first kappa shape index (κ1) is 16.6. The molecule has 6 heteroatoms. The molecule has 2 aromatic rings. The number of hydrogen-bond acceptors (Lipinski definition) is 4. The predicted octanol–water partition coefficient (Wildman–Crippen LogP) is 2.31. The van der Waals surface area contributed by atoms with Gasteiger partial charge in [0.1, 0.15) is 0 Å². The van der Waals surface area contributed by atoms with Gasteiger partial charge in [0.2, 0.25) is 6.79 Å². The maximum absolute atomic E-state index is 5.45. The lowest BCUT2D eigenvalue weighted by Gasteiger charge is -2.37. The molecular formula is C20H24N4O2. The molecular weight excluding hydrogens is 328 g/mol. The second-order valence-electron chi connectivity index (χ2n) is 6.40. The summed E-state index contributed by atoms with van der Waals surface area (Å²) in [6.45, 7) is 4.91. The summed E-state index contributed by atoms with van der Waals surface area (Å²) in [6, 6.07) is 16.6. The topological polar surface area (TPSA) is 49.3 Å². The minimum atomic E-state index is 0.305. The number of guanidine groups is 1. The highest BCUT2D eigenvalue weighted by molar-refractivity contribution is 5.80. The van der Waals surface area contributed by atoms with E-state index in [1.807, 2.05) is 19.2 Å². The number of ether oxygens (including phenoxy) is 2. The molecule has 0 unspecified atom stereocenters. The third-order valence-electron chi connectivity index (χ3n) is 4.80. The Morgan fingerprint density at radius 3 is 2.54 bits per heavy atom. The fraction of sp³-hybridized carbons (Fsp3) is 0.350. The zero-order valence-electron chi connectivity index (χ0n) is 15.0. The molecule has 0 atom stereocenters. The van der Waals surface area contributed by atoms with E-state index in [2.05, 4.69) is 56.5 Å².